The van der Waals surface area contributed by atoms with E-state index in [2.05, 4.69) is 15.5 Å². The zero-order valence-corrected chi connectivity index (χ0v) is 17.1. The summed E-state index contributed by atoms with van der Waals surface area (Å²) in [7, 11) is 1.63. The van der Waals surface area contributed by atoms with Crippen LogP contribution in [0.25, 0.3) is 5.69 Å². The first-order chi connectivity index (χ1) is 14.3. The molecule has 2 heterocycles. The topological polar surface area (TPSA) is 73.1 Å². The van der Waals surface area contributed by atoms with Crippen LogP contribution in [0.2, 0.25) is 0 Å². The summed E-state index contributed by atoms with van der Waals surface area (Å²) < 4.78 is 6.88. The molecule has 0 aliphatic carbocycles. The first-order valence-corrected chi connectivity index (χ1v) is 10.6. The molecule has 1 fully saturated rings. The van der Waals surface area contributed by atoms with Crippen molar-refractivity contribution < 1.29 is 9.53 Å². The van der Waals surface area contributed by atoms with Gasteiger partial charge in [-0.3, -0.25) is 4.79 Å². The van der Waals surface area contributed by atoms with Crippen LogP contribution >= 0.6 is 11.8 Å². The molecule has 0 radical (unpaired) electrons. The Bertz CT molecular complexity index is 939. The summed E-state index contributed by atoms with van der Waals surface area (Å²) in [5.41, 5.74) is 1.77. The van der Waals surface area contributed by atoms with Gasteiger partial charge in [0.2, 0.25) is 11.1 Å². The Morgan fingerprint density at radius 2 is 1.76 bits per heavy atom. The second-order valence-electron chi connectivity index (χ2n) is 6.87. The summed E-state index contributed by atoms with van der Waals surface area (Å²) in [6.45, 7) is 1.62. The number of methoxy groups -OCH3 is 1. The van der Waals surface area contributed by atoms with E-state index >= 15 is 0 Å². The molecule has 29 heavy (non-hydrogen) atoms. The van der Waals surface area contributed by atoms with Gasteiger partial charge in [-0.15, -0.1) is 5.10 Å². The summed E-state index contributed by atoms with van der Waals surface area (Å²) in [4.78, 5) is 15.3. The fraction of sp³-hybridized carbons (Fsp3) is 0.333. The van der Waals surface area contributed by atoms with Gasteiger partial charge in [-0.25, -0.2) is 0 Å². The van der Waals surface area contributed by atoms with Gasteiger partial charge in [-0.05, 0) is 59.5 Å². The highest BCUT2D eigenvalue weighted by Gasteiger charge is 2.30. The van der Waals surface area contributed by atoms with E-state index in [9.17, 15) is 4.79 Å². The van der Waals surface area contributed by atoms with Crippen molar-refractivity contribution in [3.8, 4) is 11.4 Å². The lowest BCUT2D eigenvalue weighted by Gasteiger charge is -2.30. The average molecular weight is 410 g/mol. The van der Waals surface area contributed by atoms with Gasteiger partial charge in [0.1, 0.15) is 11.0 Å². The predicted octanol–water partition coefficient (Wildman–Crippen LogP) is 3.52. The molecular formula is C21H23N5O2S. The zero-order chi connectivity index (χ0) is 20.1. The molecule has 1 unspecified atom stereocenters. The van der Waals surface area contributed by atoms with Crippen molar-refractivity contribution in [1.29, 1.82) is 0 Å². The van der Waals surface area contributed by atoms with Gasteiger partial charge in [-0.1, -0.05) is 42.1 Å². The number of likely N-dealkylation sites (tertiary alicyclic amines) is 1. The second kappa shape index (κ2) is 9.09. The van der Waals surface area contributed by atoms with E-state index in [4.69, 9.17) is 4.74 Å². The zero-order valence-electron chi connectivity index (χ0n) is 16.3. The highest BCUT2D eigenvalue weighted by molar-refractivity contribution is 8.00. The van der Waals surface area contributed by atoms with Crippen LogP contribution in [-0.2, 0) is 4.79 Å². The fourth-order valence-corrected chi connectivity index (χ4v) is 4.49. The largest absolute Gasteiger partial charge is 0.497 e. The average Bonchev–Trinajstić information content (AvgIpc) is 3.26. The van der Waals surface area contributed by atoms with Gasteiger partial charge in [-0.2, -0.15) is 4.68 Å². The Balaban J connectivity index is 1.63. The van der Waals surface area contributed by atoms with Crippen LogP contribution in [0.15, 0.2) is 59.8 Å². The second-order valence-corrected chi connectivity index (χ2v) is 7.94. The van der Waals surface area contributed by atoms with E-state index in [-0.39, 0.29) is 5.91 Å². The van der Waals surface area contributed by atoms with Crippen LogP contribution in [0.5, 0.6) is 5.75 Å². The van der Waals surface area contributed by atoms with Crippen molar-refractivity contribution in [2.24, 2.45) is 0 Å². The van der Waals surface area contributed by atoms with Crippen molar-refractivity contribution >= 4 is 17.7 Å². The first kappa shape index (κ1) is 19.4. The lowest BCUT2D eigenvalue weighted by molar-refractivity contribution is -0.131. The highest BCUT2D eigenvalue weighted by Crippen LogP contribution is 2.37. The summed E-state index contributed by atoms with van der Waals surface area (Å²) in [5.74, 6) is 0.878. The van der Waals surface area contributed by atoms with Gasteiger partial charge in [0.15, 0.2) is 0 Å². The molecule has 0 saturated carbocycles. The van der Waals surface area contributed by atoms with Crippen LogP contribution in [0.3, 0.4) is 0 Å². The van der Waals surface area contributed by atoms with E-state index in [1.807, 2.05) is 59.5 Å². The molecule has 1 aromatic heterocycles. The van der Waals surface area contributed by atoms with Crippen LogP contribution in [0.4, 0.5) is 0 Å². The molecule has 1 saturated heterocycles. The fourth-order valence-electron chi connectivity index (χ4n) is 3.41. The minimum absolute atomic E-state index is 0.116. The molecule has 7 nitrogen and oxygen atoms in total. The van der Waals surface area contributed by atoms with Crippen molar-refractivity contribution in [2.45, 2.75) is 29.7 Å². The van der Waals surface area contributed by atoms with Crippen LogP contribution in [0, 0.1) is 0 Å². The van der Waals surface area contributed by atoms with Gasteiger partial charge < -0.3 is 9.64 Å². The third kappa shape index (κ3) is 4.42. The minimum atomic E-state index is -0.391. The molecule has 8 heteroatoms. The number of aromatic nitrogens is 4. The number of hydrogen-bond acceptors (Lipinski definition) is 6. The number of nitrogens with zero attached hydrogens (tertiary/aromatic N) is 5. The summed E-state index contributed by atoms with van der Waals surface area (Å²) in [5, 5.41) is 12.4. The van der Waals surface area contributed by atoms with E-state index in [0.717, 1.165) is 42.9 Å². The number of amides is 1. The first-order valence-electron chi connectivity index (χ1n) is 9.69. The van der Waals surface area contributed by atoms with E-state index < -0.39 is 5.25 Å². The van der Waals surface area contributed by atoms with Crippen molar-refractivity contribution in [3.05, 3.63) is 60.2 Å². The van der Waals surface area contributed by atoms with Crippen molar-refractivity contribution in [2.75, 3.05) is 20.2 Å². The van der Waals surface area contributed by atoms with Gasteiger partial charge in [0, 0.05) is 13.1 Å². The smallest absolute Gasteiger partial charge is 0.240 e. The molecule has 1 amide bonds. The molecule has 1 atom stereocenters. The number of hydrogen-bond donors (Lipinski definition) is 0. The Kier molecular flexibility index (Phi) is 6.09. The molecule has 3 aromatic rings. The number of rotatable bonds is 6. The summed E-state index contributed by atoms with van der Waals surface area (Å²) in [6, 6.07) is 17.3. The van der Waals surface area contributed by atoms with E-state index in [1.54, 1.807) is 11.8 Å². The minimum Gasteiger partial charge on any atom is -0.497 e. The SMILES string of the molecule is COc1ccc(-n2nnnc2SC(C(=O)N2CCCCC2)c2ccccc2)cc1. The summed E-state index contributed by atoms with van der Waals surface area (Å²) in [6.07, 6.45) is 3.30. The van der Waals surface area contributed by atoms with Crippen molar-refractivity contribution in [1.82, 2.24) is 25.1 Å². The molecule has 4 rings (SSSR count). The molecule has 0 bridgehead atoms. The van der Waals surface area contributed by atoms with Gasteiger partial charge in [0.05, 0.1) is 12.8 Å². The molecule has 1 aliphatic rings. The maximum atomic E-state index is 13.4. The third-order valence-corrected chi connectivity index (χ3v) is 6.15. The number of thioether (sulfide) groups is 1. The number of carbonyl (C=O) groups excluding carboxylic acids is 1. The van der Waals surface area contributed by atoms with Crippen molar-refractivity contribution in [3.63, 3.8) is 0 Å². The van der Waals surface area contributed by atoms with Crippen LogP contribution in [-0.4, -0.2) is 51.2 Å². The van der Waals surface area contributed by atoms with Crippen LogP contribution < -0.4 is 4.74 Å². The van der Waals surface area contributed by atoms with E-state index in [0.29, 0.717) is 5.16 Å². The third-order valence-electron chi connectivity index (χ3n) is 4.98. The standard InChI is InChI=1S/C21H23N5O2S/c1-28-18-12-10-17(11-13-18)26-21(22-23-24-26)29-19(16-8-4-2-5-9-16)20(27)25-14-6-3-7-15-25/h2,4-5,8-13,19H,3,6-7,14-15H2,1H3. The Labute approximate surface area is 174 Å². The maximum absolute atomic E-state index is 13.4. The molecule has 2 aromatic carbocycles. The molecule has 150 valence electrons. The number of carbonyl (C=O) groups is 1. The Morgan fingerprint density at radius 1 is 1.03 bits per heavy atom. The Hall–Kier alpha value is -2.87. The lowest BCUT2D eigenvalue weighted by atomic mass is 10.1. The molecule has 1 aliphatic heterocycles. The van der Waals surface area contributed by atoms with E-state index in [1.165, 1.54) is 18.2 Å². The van der Waals surface area contributed by atoms with Gasteiger partial charge in [0.25, 0.3) is 0 Å². The number of tetrazole rings is 1. The normalized spacial score (nSPS) is 15.1. The predicted molar refractivity (Wildman–Crippen MR) is 111 cm³/mol. The van der Waals surface area contributed by atoms with Crippen LogP contribution in [0.1, 0.15) is 30.1 Å². The molecular weight excluding hydrogens is 386 g/mol. The molecule has 0 spiro atoms. The summed E-state index contributed by atoms with van der Waals surface area (Å²) >= 11 is 1.39. The quantitative estimate of drug-likeness (QED) is 0.580. The maximum Gasteiger partial charge on any atom is 0.240 e. The number of ether oxygens (including phenoxy) is 1. The monoisotopic (exact) mass is 409 g/mol. The van der Waals surface area contributed by atoms with Gasteiger partial charge >= 0.3 is 0 Å². The number of piperidine rings is 1. The highest BCUT2D eigenvalue weighted by atomic mass is 32.2. The lowest BCUT2D eigenvalue weighted by Crippen LogP contribution is -2.38. The Morgan fingerprint density at radius 3 is 2.45 bits per heavy atom. The molecule has 0 N–H and O–H groups in total. The number of benzene rings is 2.